The van der Waals surface area contributed by atoms with Crippen molar-refractivity contribution in [2.24, 2.45) is 17.8 Å². The van der Waals surface area contributed by atoms with Gasteiger partial charge in [-0.15, -0.1) is 0 Å². The molecule has 4 rings (SSSR count). The second kappa shape index (κ2) is 10.3. The Kier molecular flexibility index (Phi) is 8.39. The minimum absolute atomic E-state index is 0. The second-order valence-corrected chi connectivity index (χ2v) is 8.10. The fourth-order valence-electron chi connectivity index (χ4n) is 4.86. The Balaban J connectivity index is 0.00000210. The van der Waals surface area contributed by atoms with E-state index in [4.69, 9.17) is 4.74 Å². The Morgan fingerprint density at radius 1 is 0.889 bits per heavy atom. The molecule has 140 valence electrons. The first-order chi connectivity index (χ1) is 12.7. The number of hydrogen-bond acceptors (Lipinski definition) is 1. The van der Waals surface area contributed by atoms with Gasteiger partial charge in [0.05, 0.1) is 0 Å². The second-order valence-electron chi connectivity index (χ2n) is 8.10. The van der Waals surface area contributed by atoms with Crippen molar-refractivity contribution in [3.05, 3.63) is 35.8 Å². The van der Waals surface area contributed by atoms with Crippen LogP contribution in [0, 0.1) is 47.6 Å². The van der Waals surface area contributed by atoms with E-state index >= 15 is 0 Å². The topological polar surface area (TPSA) is 9.23 Å². The number of fused-ring (bicyclic) bond motifs is 1. The van der Waals surface area contributed by atoms with Crippen molar-refractivity contribution < 1.29 is 71.7 Å². The first-order valence-corrected chi connectivity index (χ1v) is 10.2. The summed E-state index contributed by atoms with van der Waals surface area (Å²) in [4.78, 5) is 0. The van der Waals surface area contributed by atoms with Crippen LogP contribution in [0.4, 0.5) is 8.78 Å². The molecule has 1 aromatic carbocycles. The van der Waals surface area contributed by atoms with Gasteiger partial charge in [-0.25, -0.2) is 4.39 Å². The molecule has 0 N–H and O–H groups in total. The van der Waals surface area contributed by atoms with E-state index < -0.39 is 11.6 Å². The normalized spacial score (nSPS) is 28.1. The van der Waals surface area contributed by atoms with Gasteiger partial charge >= 0.3 is 58.2 Å². The molecule has 4 heteroatoms. The fourth-order valence-corrected chi connectivity index (χ4v) is 4.86. The van der Waals surface area contributed by atoms with Crippen LogP contribution in [0.25, 0.3) is 0 Å². The molecule has 1 heterocycles. The van der Waals surface area contributed by atoms with Crippen LogP contribution < -0.4 is 62.9 Å². The minimum atomic E-state index is -0.876. The maximum atomic E-state index is 13.9. The van der Waals surface area contributed by atoms with Crippen LogP contribution in [-0.2, 0) is 6.42 Å². The smallest absolute Gasteiger partial charge is 0.474 e. The average molecular weight is 443 g/mol. The Morgan fingerprint density at radius 2 is 1.59 bits per heavy atom. The van der Waals surface area contributed by atoms with Gasteiger partial charge in [-0.1, -0.05) is 30.7 Å². The Hall–Kier alpha value is 0.245. The van der Waals surface area contributed by atoms with Crippen LogP contribution in [-0.4, -0.2) is 6.10 Å². The van der Waals surface area contributed by atoms with Gasteiger partial charge in [0.25, 0.3) is 0 Å². The summed E-state index contributed by atoms with van der Waals surface area (Å²) in [6.07, 6.45) is 13.8. The molecule has 1 nitrogen and oxygen atoms in total. The quantitative estimate of drug-likeness (QED) is 0.480. The molecule has 2 aliphatic carbocycles. The van der Waals surface area contributed by atoms with Gasteiger partial charge in [-0.05, 0) is 62.0 Å². The van der Waals surface area contributed by atoms with E-state index in [0.717, 1.165) is 23.8 Å². The predicted molar refractivity (Wildman–Crippen MR) is 98.6 cm³/mol. The SMILES string of the molecule is Fc1ccc2c(c1F)OC(C#CC1CCC(C3CC[CH-]CC3)CC1)CC2.[Rb+]. The van der Waals surface area contributed by atoms with Crippen molar-refractivity contribution in [3.63, 3.8) is 0 Å². The molecule has 0 aromatic heterocycles. The first-order valence-electron chi connectivity index (χ1n) is 10.2. The van der Waals surface area contributed by atoms with E-state index in [9.17, 15) is 8.78 Å². The van der Waals surface area contributed by atoms with Gasteiger partial charge in [0.1, 0.15) is 0 Å². The molecule has 1 aromatic rings. The van der Waals surface area contributed by atoms with E-state index in [2.05, 4.69) is 18.3 Å². The van der Waals surface area contributed by atoms with Crippen LogP contribution >= 0.6 is 0 Å². The zero-order valence-corrected chi connectivity index (χ0v) is 21.2. The van der Waals surface area contributed by atoms with Crippen LogP contribution in [0.3, 0.4) is 0 Å². The Morgan fingerprint density at radius 3 is 2.33 bits per heavy atom. The standard InChI is InChI=1S/C23H27F2O.Rb/c24-21-15-12-19-11-14-20(26-23(19)22(21)25)13-8-16-6-9-18(10-7-16)17-4-2-1-3-5-17;/h1,12,15-18,20H,2-7,9-11,14H2;/q-1;+1. The monoisotopic (exact) mass is 442 g/mol. The molecule has 0 amide bonds. The van der Waals surface area contributed by atoms with Gasteiger partial charge < -0.3 is 11.2 Å². The largest absolute Gasteiger partial charge is 1.00 e. The third-order valence-corrected chi connectivity index (χ3v) is 6.44. The van der Waals surface area contributed by atoms with E-state index in [0.29, 0.717) is 12.3 Å². The molecular formula is C23H27F2ORb. The van der Waals surface area contributed by atoms with Crippen molar-refractivity contribution >= 4 is 0 Å². The molecule has 2 fully saturated rings. The summed E-state index contributed by atoms with van der Waals surface area (Å²) in [6.45, 7) is 0. The van der Waals surface area contributed by atoms with Gasteiger partial charge in [0, 0.05) is 5.92 Å². The molecule has 0 radical (unpaired) electrons. The van der Waals surface area contributed by atoms with Crippen molar-refractivity contribution in [2.45, 2.75) is 70.3 Å². The third-order valence-electron chi connectivity index (χ3n) is 6.44. The van der Waals surface area contributed by atoms with E-state index in [-0.39, 0.29) is 70.0 Å². The number of rotatable bonds is 1. The molecular weight excluding hydrogens is 416 g/mol. The number of halogens is 2. The zero-order valence-electron chi connectivity index (χ0n) is 16.3. The molecule has 0 bridgehead atoms. The van der Waals surface area contributed by atoms with Crippen LogP contribution in [0.1, 0.15) is 63.4 Å². The Labute approximate surface area is 210 Å². The number of aryl methyl sites for hydroxylation is 1. The summed E-state index contributed by atoms with van der Waals surface area (Å²) < 4.78 is 33.0. The maximum Gasteiger partial charge on any atom is 1.00 e. The molecule has 3 aliphatic rings. The fraction of sp³-hybridized carbons (Fsp3) is 0.609. The molecule has 0 spiro atoms. The summed E-state index contributed by atoms with van der Waals surface area (Å²) in [7, 11) is 0. The summed E-state index contributed by atoms with van der Waals surface area (Å²) >= 11 is 0. The number of ether oxygens (including phenoxy) is 1. The van der Waals surface area contributed by atoms with Crippen molar-refractivity contribution in [1.82, 2.24) is 0 Å². The van der Waals surface area contributed by atoms with Gasteiger partial charge in [-0.3, -0.25) is 0 Å². The first kappa shape index (κ1) is 21.9. The third kappa shape index (κ3) is 5.44. The maximum absolute atomic E-state index is 13.9. The number of hydrogen-bond donors (Lipinski definition) is 0. The van der Waals surface area contributed by atoms with Gasteiger partial charge in [0.2, 0.25) is 5.82 Å². The Bertz CT molecular complexity index is 694. The van der Waals surface area contributed by atoms with Crippen LogP contribution in [0.15, 0.2) is 12.1 Å². The molecule has 1 unspecified atom stereocenters. The van der Waals surface area contributed by atoms with Crippen molar-refractivity contribution in [3.8, 4) is 17.6 Å². The number of benzene rings is 1. The molecule has 1 aliphatic heterocycles. The van der Waals surface area contributed by atoms with Crippen molar-refractivity contribution in [2.75, 3.05) is 0 Å². The summed E-state index contributed by atoms with van der Waals surface area (Å²) in [5.74, 6) is 7.17. The molecule has 2 saturated carbocycles. The summed E-state index contributed by atoms with van der Waals surface area (Å²) in [5, 5.41) is 0. The van der Waals surface area contributed by atoms with E-state index in [1.54, 1.807) is 6.07 Å². The van der Waals surface area contributed by atoms with Gasteiger partial charge in [-0.2, -0.15) is 17.2 Å². The van der Waals surface area contributed by atoms with Gasteiger partial charge in [0.15, 0.2) is 17.7 Å². The van der Waals surface area contributed by atoms with E-state index in [1.807, 2.05) is 0 Å². The summed E-state index contributed by atoms with van der Waals surface area (Å²) in [6, 6.07) is 2.79. The predicted octanol–water partition coefficient (Wildman–Crippen LogP) is 2.87. The van der Waals surface area contributed by atoms with Crippen LogP contribution in [0.2, 0.25) is 0 Å². The molecule has 27 heavy (non-hydrogen) atoms. The molecule has 1 atom stereocenters. The molecule has 0 saturated heterocycles. The van der Waals surface area contributed by atoms with Crippen LogP contribution in [0.5, 0.6) is 5.75 Å². The van der Waals surface area contributed by atoms with E-state index in [1.165, 1.54) is 57.4 Å². The minimum Gasteiger partial charge on any atom is -0.474 e. The summed E-state index contributed by atoms with van der Waals surface area (Å²) in [5.41, 5.74) is 0.743. The zero-order chi connectivity index (χ0) is 17.9. The van der Waals surface area contributed by atoms with Crippen molar-refractivity contribution in [1.29, 1.82) is 0 Å². The average Bonchev–Trinajstić information content (AvgIpc) is 2.70.